The van der Waals surface area contributed by atoms with E-state index >= 15 is 0 Å². The molecular weight excluding hydrogens is 574 g/mol. The summed E-state index contributed by atoms with van der Waals surface area (Å²) in [6.07, 6.45) is 19.4. The fraction of sp³-hybridized carbons (Fsp3) is 0.500. The van der Waals surface area contributed by atoms with Crippen molar-refractivity contribution in [2.75, 3.05) is 0 Å². The normalized spacial score (nSPS) is 11.2. The molecule has 0 bridgehead atoms. The summed E-state index contributed by atoms with van der Waals surface area (Å²) in [4.78, 5) is 27.1. The first-order chi connectivity index (χ1) is 15.7. The van der Waals surface area contributed by atoms with Crippen LogP contribution < -0.4 is 11.1 Å². The summed E-state index contributed by atoms with van der Waals surface area (Å²) in [6, 6.07) is 7.44. The van der Waals surface area contributed by atoms with Gasteiger partial charge in [0, 0.05) is 65.4 Å². The minimum absolute atomic E-state index is 0. The van der Waals surface area contributed by atoms with Crippen molar-refractivity contribution in [2.45, 2.75) is 90.9 Å². The van der Waals surface area contributed by atoms with Gasteiger partial charge >= 0.3 is 0 Å². The van der Waals surface area contributed by atoms with Gasteiger partial charge in [-0.2, -0.15) is 12.1 Å². The van der Waals surface area contributed by atoms with Gasteiger partial charge in [0.1, 0.15) is 0 Å². The maximum absolute atomic E-state index is 13.6. The molecule has 2 radical (unpaired) electrons. The van der Waals surface area contributed by atoms with Crippen molar-refractivity contribution in [3.63, 3.8) is 0 Å². The molecular formula is C28H34N2O2Y2-2. The van der Waals surface area contributed by atoms with Crippen LogP contribution in [0.5, 0.6) is 0 Å². The Kier molecular flexibility index (Phi) is 12.6. The molecule has 0 amide bonds. The average molecular weight is 608 g/mol. The first-order valence-electron chi connectivity index (χ1n) is 12.4. The van der Waals surface area contributed by atoms with Crippen LogP contribution in [0.1, 0.15) is 89.2 Å². The number of aryl methyl sites for hydroxylation is 2. The van der Waals surface area contributed by atoms with Crippen molar-refractivity contribution < 1.29 is 65.4 Å². The van der Waals surface area contributed by atoms with Gasteiger partial charge in [-0.05, 0) is 36.5 Å². The van der Waals surface area contributed by atoms with E-state index in [-0.39, 0.29) is 76.5 Å². The SMILES string of the molecule is CCCCCCCc1c2c(=O)n3[c-]ccc3c(CCCCCCC)c2c(=O)n2[c-]ccc12.[Y].[Y]. The minimum atomic E-state index is -0.112. The van der Waals surface area contributed by atoms with Gasteiger partial charge in [-0.1, -0.05) is 99.8 Å². The Labute approximate surface area is 253 Å². The number of nitrogens with zero attached hydrogens (tertiary/aromatic N) is 2. The minimum Gasteiger partial charge on any atom is -0.411 e. The Hall–Kier alpha value is -0.412. The summed E-state index contributed by atoms with van der Waals surface area (Å²) in [6.45, 7) is 4.43. The van der Waals surface area contributed by atoms with Gasteiger partial charge in [-0.15, -0.1) is 12.1 Å². The summed E-state index contributed by atoms with van der Waals surface area (Å²) in [5, 5.41) is 1.21. The van der Waals surface area contributed by atoms with Gasteiger partial charge in [-0.3, -0.25) is 0 Å². The van der Waals surface area contributed by atoms with Crippen molar-refractivity contribution in [2.24, 2.45) is 0 Å². The van der Waals surface area contributed by atoms with E-state index in [0.29, 0.717) is 10.8 Å². The molecule has 0 aliphatic carbocycles. The summed E-state index contributed by atoms with van der Waals surface area (Å²) in [5.74, 6) is 0. The molecule has 4 aromatic rings. The van der Waals surface area contributed by atoms with E-state index < -0.39 is 0 Å². The van der Waals surface area contributed by atoms with Crippen molar-refractivity contribution in [3.05, 3.63) is 68.5 Å². The topological polar surface area (TPSA) is 43.0 Å². The van der Waals surface area contributed by atoms with E-state index in [0.717, 1.165) is 60.7 Å². The zero-order valence-electron chi connectivity index (χ0n) is 20.7. The zero-order chi connectivity index (χ0) is 22.5. The predicted molar refractivity (Wildman–Crippen MR) is 132 cm³/mol. The number of fused-ring (bicyclic) bond motifs is 3. The second kappa shape index (κ2) is 14.4. The summed E-state index contributed by atoms with van der Waals surface area (Å²) < 4.78 is 3.26. The summed E-state index contributed by atoms with van der Waals surface area (Å²) in [5.41, 5.74) is 3.43. The molecule has 0 fully saturated rings. The summed E-state index contributed by atoms with van der Waals surface area (Å²) in [7, 11) is 0. The molecule has 176 valence electrons. The van der Waals surface area contributed by atoms with Gasteiger partial charge in [0.2, 0.25) is 0 Å². The van der Waals surface area contributed by atoms with Crippen LogP contribution in [0, 0.1) is 12.4 Å². The Morgan fingerprint density at radius 2 is 1.00 bits per heavy atom. The summed E-state index contributed by atoms with van der Waals surface area (Å²) >= 11 is 0. The molecule has 4 nitrogen and oxygen atoms in total. The maximum Gasteiger partial charge on any atom is 0.176 e. The zero-order valence-corrected chi connectivity index (χ0v) is 26.3. The second-order valence-electron chi connectivity index (χ2n) is 9.01. The van der Waals surface area contributed by atoms with E-state index in [2.05, 4.69) is 26.2 Å². The maximum atomic E-state index is 13.6. The molecule has 0 aliphatic rings. The van der Waals surface area contributed by atoms with Gasteiger partial charge in [0.15, 0.2) is 11.1 Å². The van der Waals surface area contributed by atoms with Crippen molar-refractivity contribution in [3.8, 4) is 0 Å². The van der Waals surface area contributed by atoms with E-state index in [1.54, 1.807) is 20.9 Å². The van der Waals surface area contributed by atoms with Gasteiger partial charge in [-0.25, -0.2) is 0 Å². The molecule has 0 spiro atoms. The quantitative estimate of drug-likeness (QED) is 0.144. The first kappa shape index (κ1) is 29.8. The Balaban J connectivity index is 0.00000204. The monoisotopic (exact) mass is 608 g/mol. The Bertz CT molecular complexity index is 1210. The number of hydrogen-bond donors (Lipinski definition) is 0. The smallest absolute Gasteiger partial charge is 0.176 e. The fourth-order valence-corrected chi connectivity index (χ4v) is 5.05. The van der Waals surface area contributed by atoms with Crippen LogP contribution in [0.15, 0.2) is 33.9 Å². The molecule has 0 saturated heterocycles. The van der Waals surface area contributed by atoms with Gasteiger partial charge in [0.25, 0.3) is 0 Å². The molecule has 0 atom stereocenters. The third kappa shape index (κ3) is 6.10. The van der Waals surface area contributed by atoms with Crippen LogP contribution in [0.4, 0.5) is 0 Å². The van der Waals surface area contributed by atoms with Gasteiger partial charge in [0.05, 0.1) is 0 Å². The molecule has 0 aliphatic heterocycles. The number of aromatic nitrogens is 2. The van der Waals surface area contributed by atoms with Crippen molar-refractivity contribution in [1.29, 1.82) is 0 Å². The third-order valence-electron chi connectivity index (χ3n) is 6.74. The van der Waals surface area contributed by atoms with Crippen molar-refractivity contribution >= 4 is 21.8 Å². The average Bonchev–Trinajstić information content (AvgIpc) is 3.47. The van der Waals surface area contributed by atoms with Crippen LogP contribution >= 0.6 is 0 Å². The predicted octanol–water partition coefficient (Wildman–Crippen LogP) is 6.12. The van der Waals surface area contributed by atoms with Crippen LogP contribution in [0.25, 0.3) is 21.8 Å². The molecule has 0 aromatic carbocycles. The fourth-order valence-electron chi connectivity index (χ4n) is 5.05. The van der Waals surface area contributed by atoms with Crippen LogP contribution in [0.3, 0.4) is 0 Å². The van der Waals surface area contributed by atoms with E-state index in [1.165, 1.54) is 38.5 Å². The van der Waals surface area contributed by atoms with Crippen molar-refractivity contribution in [1.82, 2.24) is 8.80 Å². The molecule has 0 unspecified atom stereocenters. The molecule has 4 heterocycles. The molecule has 34 heavy (non-hydrogen) atoms. The van der Waals surface area contributed by atoms with Crippen LogP contribution in [-0.2, 0) is 78.3 Å². The Morgan fingerprint density at radius 1 is 0.618 bits per heavy atom. The molecule has 0 N–H and O–H groups in total. The third-order valence-corrected chi connectivity index (χ3v) is 6.74. The number of hydrogen-bond acceptors (Lipinski definition) is 2. The first-order valence-corrected chi connectivity index (χ1v) is 12.4. The standard InChI is InChI=1S/C28H34N2O2.2Y/c1-3-5-7-9-11-15-21-23-17-13-19-29(23)28(32)26-22(16-12-10-8-6-4-2)24-18-14-20-30(24)27(31)25(21)26;;/h13-14,17-18H,3-12,15-16H2,1-2H3;;/q-2;;. The van der Waals surface area contributed by atoms with E-state index in [4.69, 9.17) is 0 Å². The largest absolute Gasteiger partial charge is 0.411 e. The van der Waals surface area contributed by atoms with Crippen LogP contribution in [0.2, 0.25) is 0 Å². The van der Waals surface area contributed by atoms with E-state index in [1.807, 2.05) is 12.1 Å². The van der Waals surface area contributed by atoms with Crippen LogP contribution in [-0.4, -0.2) is 8.80 Å². The second-order valence-corrected chi connectivity index (χ2v) is 9.01. The van der Waals surface area contributed by atoms with Gasteiger partial charge < -0.3 is 18.4 Å². The Morgan fingerprint density at radius 3 is 1.38 bits per heavy atom. The van der Waals surface area contributed by atoms with E-state index in [9.17, 15) is 9.59 Å². The number of unbranched alkanes of at least 4 members (excludes halogenated alkanes) is 8. The molecule has 0 saturated carbocycles. The number of rotatable bonds is 12. The molecule has 4 aromatic heterocycles. The molecule has 4 rings (SSSR count). The number of pyridine rings is 2. The molecule has 6 heteroatoms.